The van der Waals surface area contributed by atoms with E-state index in [-0.39, 0.29) is 5.97 Å². The van der Waals surface area contributed by atoms with Crippen molar-refractivity contribution in [3.8, 4) is 16.6 Å². The van der Waals surface area contributed by atoms with E-state index >= 15 is 0 Å². The highest BCUT2D eigenvalue weighted by atomic mass is 35.5. The lowest BCUT2D eigenvalue weighted by Crippen LogP contribution is -2.38. The number of hydrogen-bond acceptors (Lipinski definition) is 8. The van der Waals surface area contributed by atoms with Crippen LogP contribution in [0, 0.1) is 0 Å². The van der Waals surface area contributed by atoms with Crippen molar-refractivity contribution in [1.82, 2.24) is 4.90 Å². The van der Waals surface area contributed by atoms with Crippen LogP contribution in [0.3, 0.4) is 0 Å². The third-order valence-electron chi connectivity index (χ3n) is 5.99. The molecule has 7 nitrogen and oxygen atoms in total. The summed E-state index contributed by atoms with van der Waals surface area (Å²) < 4.78 is 36.4. The van der Waals surface area contributed by atoms with Gasteiger partial charge in [0.1, 0.15) is 17.5 Å². The number of halogens is 1. The van der Waals surface area contributed by atoms with Crippen LogP contribution in [0.15, 0.2) is 91.0 Å². The van der Waals surface area contributed by atoms with Gasteiger partial charge in [0, 0.05) is 23.0 Å². The molecule has 5 rings (SSSR count). The molecule has 1 aliphatic heterocycles. The third-order valence-corrected chi connectivity index (χ3v) is 8.86. The van der Waals surface area contributed by atoms with E-state index in [1.165, 1.54) is 18.4 Å². The molecule has 0 N–H and O–H groups in total. The zero-order chi connectivity index (χ0) is 26.5. The maximum absolute atomic E-state index is 13.8. The fraction of sp³-hybridized carbons (Fsp3) is 0.179. The first-order valence-corrected chi connectivity index (χ1v) is 14.6. The van der Waals surface area contributed by atoms with Crippen molar-refractivity contribution in [3.63, 3.8) is 0 Å². The molecule has 0 bridgehead atoms. The van der Waals surface area contributed by atoms with Gasteiger partial charge < -0.3 is 18.3 Å². The lowest BCUT2D eigenvalue weighted by molar-refractivity contribution is -0.147. The van der Waals surface area contributed by atoms with Gasteiger partial charge in [-0.05, 0) is 53.9 Å². The Labute approximate surface area is 230 Å². The summed E-state index contributed by atoms with van der Waals surface area (Å²) in [7, 11) is -2.73. The fourth-order valence-corrected chi connectivity index (χ4v) is 6.96. The van der Waals surface area contributed by atoms with Crippen molar-refractivity contribution < 1.29 is 27.7 Å². The number of para-hydroxylation sites is 2. The summed E-state index contributed by atoms with van der Waals surface area (Å²) in [6.07, 6.45) is 0.671. The Morgan fingerprint density at radius 3 is 2.13 bits per heavy atom. The van der Waals surface area contributed by atoms with Gasteiger partial charge in [0.2, 0.25) is 0 Å². The van der Waals surface area contributed by atoms with Crippen molar-refractivity contribution in [2.75, 3.05) is 13.7 Å². The quantitative estimate of drug-likeness (QED) is 0.154. The first-order valence-electron chi connectivity index (χ1n) is 11.9. The number of methoxy groups -OCH3 is 1. The molecule has 0 radical (unpaired) electrons. The summed E-state index contributed by atoms with van der Waals surface area (Å²) >= 11 is 7.82. The standard InChI is InChI=1S/C28H25ClNO6PS/c1-33-28(31)27(23-14-8-9-15-24(23)29)30-17-16-25-20(19-30)18-26(38-25)36-37(32,34-21-10-4-2-5-11-21)35-22-12-6-3-7-13-22/h2-15,18,27H,16-17,19H2,1H3/t27-/m0/s1. The zero-order valence-corrected chi connectivity index (χ0v) is 23.0. The molecular formula is C28H25ClNO6PS. The predicted molar refractivity (Wildman–Crippen MR) is 147 cm³/mol. The summed E-state index contributed by atoms with van der Waals surface area (Å²) in [6, 6.07) is 25.9. The van der Waals surface area contributed by atoms with Gasteiger partial charge in [0.05, 0.1) is 7.11 Å². The summed E-state index contributed by atoms with van der Waals surface area (Å²) in [5.41, 5.74) is 1.65. The van der Waals surface area contributed by atoms with Gasteiger partial charge in [-0.3, -0.25) is 4.90 Å². The second-order valence-corrected chi connectivity index (χ2v) is 11.5. The molecule has 38 heavy (non-hydrogen) atoms. The number of nitrogens with zero attached hydrogens (tertiary/aromatic N) is 1. The first-order chi connectivity index (χ1) is 18.4. The Hall–Kier alpha value is -3.29. The van der Waals surface area contributed by atoms with Crippen molar-refractivity contribution in [1.29, 1.82) is 0 Å². The molecule has 0 fully saturated rings. The van der Waals surface area contributed by atoms with Gasteiger partial charge in [0.25, 0.3) is 0 Å². The van der Waals surface area contributed by atoms with Crippen molar-refractivity contribution in [3.05, 3.63) is 112 Å². The Morgan fingerprint density at radius 2 is 1.53 bits per heavy atom. The monoisotopic (exact) mass is 569 g/mol. The largest absolute Gasteiger partial charge is 0.647 e. The van der Waals surface area contributed by atoms with Crippen LogP contribution in [0.1, 0.15) is 22.0 Å². The zero-order valence-electron chi connectivity index (χ0n) is 20.5. The molecule has 4 aromatic rings. The molecule has 1 aromatic heterocycles. The molecule has 0 unspecified atom stereocenters. The highest BCUT2D eigenvalue weighted by molar-refractivity contribution is 7.50. The number of hydrogen-bond donors (Lipinski definition) is 0. The molecule has 10 heteroatoms. The SMILES string of the molecule is COC(=O)[C@H](c1ccccc1Cl)N1CCc2sc(OP(=O)(Oc3ccccc3)Oc3ccccc3)cc2C1. The van der Waals surface area contributed by atoms with Gasteiger partial charge in [-0.1, -0.05) is 66.2 Å². The molecule has 0 saturated carbocycles. The van der Waals surface area contributed by atoms with Crippen LogP contribution in [-0.2, 0) is 27.1 Å². The summed E-state index contributed by atoms with van der Waals surface area (Å²) in [6.45, 7) is 1.07. The number of esters is 1. The molecule has 1 atom stereocenters. The van der Waals surface area contributed by atoms with Crippen LogP contribution in [-0.4, -0.2) is 24.5 Å². The molecular weight excluding hydrogens is 545 g/mol. The molecule has 0 amide bonds. The second kappa shape index (κ2) is 11.6. The summed E-state index contributed by atoms with van der Waals surface area (Å²) in [4.78, 5) is 15.9. The average molecular weight is 570 g/mol. The minimum Gasteiger partial charge on any atom is -0.468 e. The smallest absolute Gasteiger partial charge is 0.468 e. The van der Waals surface area contributed by atoms with Crippen LogP contribution in [0.4, 0.5) is 0 Å². The number of phosphoric acid groups is 1. The van der Waals surface area contributed by atoms with Crippen LogP contribution in [0.2, 0.25) is 5.02 Å². The highest BCUT2D eigenvalue weighted by Crippen LogP contribution is 2.52. The van der Waals surface area contributed by atoms with Gasteiger partial charge in [-0.25, -0.2) is 4.79 Å². The molecule has 196 valence electrons. The lowest BCUT2D eigenvalue weighted by atomic mass is 10.0. The van der Waals surface area contributed by atoms with Crippen molar-refractivity contribution in [2.24, 2.45) is 0 Å². The van der Waals surface area contributed by atoms with Gasteiger partial charge in [-0.15, -0.1) is 11.3 Å². The van der Waals surface area contributed by atoms with Gasteiger partial charge >= 0.3 is 13.8 Å². The molecule has 0 aliphatic carbocycles. The van der Waals surface area contributed by atoms with E-state index in [9.17, 15) is 9.36 Å². The number of benzene rings is 3. The Kier molecular flexibility index (Phi) is 8.05. The van der Waals surface area contributed by atoms with E-state index in [0.717, 1.165) is 10.4 Å². The number of carbonyl (C=O) groups is 1. The molecule has 0 spiro atoms. The van der Waals surface area contributed by atoms with E-state index in [1.807, 2.05) is 41.3 Å². The maximum Gasteiger partial charge on any atom is 0.647 e. The van der Waals surface area contributed by atoms with E-state index < -0.39 is 13.9 Å². The Bertz CT molecular complexity index is 1400. The number of rotatable bonds is 9. The molecule has 1 aliphatic rings. The third kappa shape index (κ3) is 6.05. The molecule has 2 heterocycles. The van der Waals surface area contributed by atoms with Crippen LogP contribution < -0.4 is 13.6 Å². The normalized spacial score (nSPS) is 14.3. The molecule has 3 aromatic carbocycles. The molecule has 0 saturated heterocycles. The average Bonchev–Trinajstić information content (AvgIpc) is 3.31. The van der Waals surface area contributed by atoms with Crippen LogP contribution >= 0.6 is 30.8 Å². The highest BCUT2D eigenvalue weighted by Gasteiger charge is 2.36. The first kappa shape index (κ1) is 26.3. The van der Waals surface area contributed by atoms with E-state index in [4.69, 9.17) is 29.9 Å². The fourth-order valence-electron chi connectivity index (χ4n) is 4.26. The van der Waals surface area contributed by atoms with E-state index in [2.05, 4.69) is 0 Å². The number of ether oxygens (including phenoxy) is 1. The predicted octanol–water partition coefficient (Wildman–Crippen LogP) is 7.32. The second-order valence-electron chi connectivity index (χ2n) is 8.53. The van der Waals surface area contributed by atoms with E-state index in [0.29, 0.717) is 46.7 Å². The Morgan fingerprint density at radius 1 is 0.921 bits per heavy atom. The summed E-state index contributed by atoms with van der Waals surface area (Å²) in [5, 5.41) is 0.902. The van der Waals surface area contributed by atoms with Gasteiger partial charge in [0.15, 0.2) is 5.06 Å². The van der Waals surface area contributed by atoms with Crippen molar-refractivity contribution >= 4 is 36.7 Å². The topological polar surface area (TPSA) is 74.3 Å². The van der Waals surface area contributed by atoms with Crippen LogP contribution in [0.25, 0.3) is 0 Å². The maximum atomic E-state index is 13.8. The minimum absolute atomic E-state index is 0.361. The van der Waals surface area contributed by atoms with Gasteiger partial charge in [-0.2, -0.15) is 4.57 Å². The van der Waals surface area contributed by atoms with E-state index in [1.54, 1.807) is 54.6 Å². The van der Waals surface area contributed by atoms with Crippen LogP contribution in [0.5, 0.6) is 16.6 Å². The number of fused-ring (bicyclic) bond motifs is 1. The summed E-state index contributed by atoms with van der Waals surface area (Å²) in [5.74, 6) is 0.338. The number of thiophene rings is 1. The Balaban J connectivity index is 1.39. The minimum atomic E-state index is -4.10. The lowest BCUT2D eigenvalue weighted by Gasteiger charge is -2.33. The number of carbonyl (C=O) groups excluding carboxylic acids is 1. The van der Waals surface area contributed by atoms with Crippen molar-refractivity contribution in [2.45, 2.75) is 19.0 Å². The number of phosphoric ester groups is 1.